The summed E-state index contributed by atoms with van der Waals surface area (Å²) in [4.78, 5) is 26.4. The van der Waals surface area contributed by atoms with Gasteiger partial charge in [0.05, 0.1) is 17.2 Å². The van der Waals surface area contributed by atoms with E-state index in [-0.39, 0.29) is 50.1 Å². The largest absolute Gasteiger partial charge is 0.416 e. The van der Waals surface area contributed by atoms with Gasteiger partial charge in [-0.2, -0.15) is 18.3 Å². The summed E-state index contributed by atoms with van der Waals surface area (Å²) in [6.45, 7) is -0.483. The Bertz CT molecular complexity index is 1790. The van der Waals surface area contributed by atoms with Crippen molar-refractivity contribution in [2.45, 2.75) is 12.2 Å². The Kier molecular flexibility index (Phi) is 6.73. The molecule has 3 aromatic carbocycles. The van der Waals surface area contributed by atoms with E-state index in [1.807, 2.05) is 0 Å². The van der Waals surface area contributed by atoms with Gasteiger partial charge in [0, 0.05) is 39.8 Å². The van der Waals surface area contributed by atoms with Gasteiger partial charge in [0.15, 0.2) is 0 Å². The topological polar surface area (TPSA) is 96.2 Å². The Morgan fingerprint density at radius 1 is 1.18 bits per heavy atom. The summed E-state index contributed by atoms with van der Waals surface area (Å²) in [6.07, 6.45) is -4.91. The fourth-order valence-electron chi connectivity index (χ4n) is 4.57. The van der Waals surface area contributed by atoms with Crippen molar-refractivity contribution in [3.8, 4) is 11.8 Å². The van der Waals surface area contributed by atoms with Gasteiger partial charge in [0.1, 0.15) is 29.5 Å². The number of nitrogens with zero attached hydrogens (tertiary/aromatic N) is 2. The summed E-state index contributed by atoms with van der Waals surface area (Å²) < 4.78 is 69.4. The van der Waals surface area contributed by atoms with Gasteiger partial charge in [-0.3, -0.25) is 14.3 Å². The number of fused-ring (bicyclic) bond motifs is 3. The van der Waals surface area contributed by atoms with Crippen LogP contribution >= 0.6 is 11.6 Å². The molecule has 40 heavy (non-hydrogen) atoms. The number of hydrogen-bond acceptors (Lipinski definition) is 4. The van der Waals surface area contributed by atoms with Crippen LogP contribution in [0.3, 0.4) is 0 Å². The molecule has 2 heterocycles. The second kappa shape index (κ2) is 9.93. The summed E-state index contributed by atoms with van der Waals surface area (Å²) in [5, 5.41) is 19.0. The summed E-state index contributed by atoms with van der Waals surface area (Å²) in [5.74, 6) is 1.48. The van der Waals surface area contributed by atoms with E-state index < -0.39 is 53.4 Å². The number of aliphatic hydroxyl groups is 1. The lowest BCUT2D eigenvalue weighted by molar-refractivity contribution is -0.137. The predicted molar refractivity (Wildman–Crippen MR) is 135 cm³/mol. The van der Waals surface area contributed by atoms with Crippen LogP contribution in [0.4, 0.5) is 27.6 Å². The molecule has 1 aliphatic heterocycles. The highest BCUT2D eigenvalue weighted by Crippen LogP contribution is 2.43. The molecule has 0 aliphatic carbocycles. The van der Waals surface area contributed by atoms with Gasteiger partial charge in [0.2, 0.25) is 0 Å². The Balaban J connectivity index is 1.74. The third-order valence-corrected chi connectivity index (χ3v) is 6.59. The van der Waals surface area contributed by atoms with Gasteiger partial charge in [0.25, 0.3) is 11.8 Å². The number of halogens is 6. The molecule has 0 spiro atoms. The van der Waals surface area contributed by atoms with Crippen LogP contribution in [0.25, 0.3) is 10.9 Å². The van der Waals surface area contributed by atoms with Crippen LogP contribution in [-0.2, 0) is 13.2 Å². The minimum Gasteiger partial charge on any atom is -0.384 e. The molecule has 2 amide bonds. The Morgan fingerprint density at radius 2 is 1.93 bits per heavy atom. The van der Waals surface area contributed by atoms with E-state index in [0.29, 0.717) is 12.1 Å². The number of aromatic nitrogens is 2. The highest BCUT2D eigenvalue weighted by Gasteiger charge is 2.38. The number of hydrogen-bond donors (Lipinski definition) is 3. The molecular formula is C27H16ClF5N4O3. The van der Waals surface area contributed by atoms with Gasteiger partial charge in [-0.05, 0) is 48.4 Å². The maximum absolute atomic E-state index is 14.2. The summed E-state index contributed by atoms with van der Waals surface area (Å²) in [5.41, 5.74) is -1.40. The van der Waals surface area contributed by atoms with Crippen LogP contribution in [0.15, 0.2) is 42.5 Å². The zero-order valence-corrected chi connectivity index (χ0v) is 21.0. The molecule has 13 heteroatoms. The minimum atomic E-state index is -4.91. The molecule has 204 valence electrons. The maximum Gasteiger partial charge on any atom is 0.416 e. The van der Waals surface area contributed by atoms with Crippen molar-refractivity contribution in [1.82, 2.24) is 15.1 Å². The number of carbonyl (C=O) groups is 2. The van der Waals surface area contributed by atoms with E-state index in [9.17, 15) is 31.5 Å². The lowest BCUT2D eigenvalue weighted by Gasteiger charge is -2.18. The molecule has 1 aliphatic rings. The van der Waals surface area contributed by atoms with Crippen LogP contribution < -0.4 is 10.6 Å². The standard InChI is InChI=1S/C27H16ClF5N4O3/c1-37-20(3-2-6-38)17-11-19(34-25(39)12-7-13(27(31,32)33)9-15(30)8-12)21-22(24(17)36-37)26(40)35-23(21)16-10-14(29)4-5-18(16)28/h4-5,7-11,23,38H,6H2,1H3,(H,34,39)(H,35,40). The van der Waals surface area contributed by atoms with Crippen molar-refractivity contribution in [2.24, 2.45) is 7.05 Å². The average Bonchev–Trinajstić information content (AvgIpc) is 3.39. The molecule has 0 saturated heterocycles. The first-order valence-electron chi connectivity index (χ1n) is 11.5. The number of amides is 2. The highest BCUT2D eigenvalue weighted by molar-refractivity contribution is 6.31. The van der Waals surface area contributed by atoms with Crippen molar-refractivity contribution >= 4 is 40.0 Å². The molecule has 0 bridgehead atoms. The average molecular weight is 575 g/mol. The maximum atomic E-state index is 14.2. The van der Waals surface area contributed by atoms with Crippen LogP contribution in [0.5, 0.6) is 0 Å². The molecule has 7 nitrogen and oxygen atoms in total. The molecule has 0 fully saturated rings. The molecule has 0 saturated carbocycles. The van der Waals surface area contributed by atoms with Crippen molar-refractivity contribution in [1.29, 1.82) is 0 Å². The Morgan fingerprint density at radius 3 is 2.62 bits per heavy atom. The number of rotatable bonds is 3. The number of carbonyl (C=O) groups excluding carboxylic acids is 2. The number of aryl methyl sites for hydroxylation is 1. The normalized spacial score (nSPS) is 14.5. The first-order chi connectivity index (χ1) is 18.9. The molecule has 3 N–H and O–H groups in total. The molecular weight excluding hydrogens is 559 g/mol. The molecule has 1 atom stereocenters. The van der Waals surface area contributed by atoms with Crippen molar-refractivity contribution < 1.29 is 36.6 Å². The fraction of sp³-hybridized carbons (Fsp3) is 0.148. The van der Waals surface area contributed by atoms with Crippen LogP contribution in [-0.4, -0.2) is 33.3 Å². The van der Waals surface area contributed by atoms with E-state index in [1.54, 1.807) is 0 Å². The fourth-order valence-corrected chi connectivity index (χ4v) is 4.80. The Labute approximate surface area is 227 Å². The van der Waals surface area contributed by atoms with Gasteiger partial charge in [-0.25, -0.2) is 8.78 Å². The quantitative estimate of drug-likeness (QED) is 0.238. The minimum absolute atomic E-state index is 0.0130. The number of anilines is 1. The van der Waals surface area contributed by atoms with Gasteiger partial charge < -0.3 is 15.7 Å². The summed E-state index contributed by atoms with van der Waals surface area (Å²) in [7, 11) is 1.53. The smallest absolute Gasteiger partial charge is 0.384 e. The SMILES string of the molecule is Cn1nc2c3c(c(NC(=O)c4cc(F)cc(C(F)(F)F)c4)cc2c1C#CCO)C(c1cc(F)ccc1Cl)NC3=O. The second-order valence-electron chi connectivity index (χ2n) is 8.79. The first-order valence-corrected chi connectivity index (χ1v) is 11.8. The predicted octanol–water partition coefficient (Wildman–Crippen LogP) is 4.95. The highest BCUT2D eigenvalue weighted by atomic mass is 35.5. The second-order valence-corrected chi connectivity index (χ2v) is 9.20. The van der Waals surface area contributed by atoms with Crippen LogP contribution in [0.1, 0.15) is 49.1 Å². The lowest BCUT2D eigenvalue weighted by Crippen LogP contribution is -2.21. The third-order valence-electron chi connectivity index (χ3n) is 6.25. The number of aliphatic hydroxyl groups excluding tert-OH is 1. The molecule has 1 unspecified atom stereocenters. The first kappa shape index (κ1) is 27.1. The Hall–Kier alpha value is -4.47. The van der Waals surface area contributed by atoms with Crippen molar-refractivity contribution in [3.63, 3.8) is 0 Å². The van der Waals surface area contributed by atoms with Crippen LogP contribution in [0.2, 0.25) is 5.02 Å². The van der Waals surface area contributed by atoms with E-state index in [2.05, 4.69) is 27.6 Å². The van der Waals surface area contributed by atoms with Crippen LogP contribution in [0, 0.1) is 23.5 Å². The summed E-state index contributed by atoms with van der Waals surface area (Å²) in [6, 6.07) is 5.18. The zero-order chi connectivity index (χ0) is 28.9. The zero-order valence-electron chi connectivity index (χ0n) is 20.3. The van der Waals surface area contributed by atoms with Gasteiger partial charge in [-0.1, -0.05) is 17.5 Å². The van der Waals surface area contributed by atoms with Gasteiger partial charge >= 0.3 is 6.18 Å². The lowest BCUT2D eigenvalue weighted by atomic mass is 9.94. The van der Waals surface area contributed by atoms with E-state index in [1.165, 1.54) is 23.9 Å². The molecule has 0 radical (unpaired) electrons. The molecule has 1 aromatic heterocycles. The third kappa shape index (κ3) is 4.74. The van der Waals surface area contributed by atoms with Gasteiger partial charge in [-0.15, -0.1) is 0 Å². The van der Waals surface area contributed by atoms with Crippen molar-refractivity contribution in [3.05, 3.63) is 92.6 Å². The number of alkyl halides is 3. The summed E-state index contributed by atoms with van der Waals surface area (Å²) >= 11 is 6.31. The van der Waals surface area contributed by atoms with E-state index >= 15 is 0 Å². The van der Waals surface area contributed by atoms with Crippen molar-refractivity contribution in [2.75, 3.05) is 11.9 Å². The van der Waals surface area contributed by atoms with E-state index in [4.69, 9.17) is 16.7 Å². The van der Waals surface area contributed by atoms with E-state index in [0.717, 1.165) is 12.1 Å². The number of benzene rings is 3. The monoisotopic (exact) mass is 574 g/mol. The number of nitrogens with one attached hydrogen (secondary N) is 2. The molecule has 4 aromatic rings. The molecule has 5 rings (SSSR count).